The van der Waals surface area contributed by atoms with Crippen molar-refractivity contribution in [2.45, 2.75) is 13.0 Å². The summed E-state index contributed by atoms with van der Waals surface area (Å²) in [5.41, 5.74) is 6.82. The van der Waals surface area contributed by atoms with Crippen LogP contribution in [0.2, 0.25) is 0 Å². The van der Waals surface area contributed by atoms with E-state index < -0.39 is 0 Å². The third-order valence-electron chi connectivity index (χ3n) is 2.19. The summed E-state index contributed by atoms with van der Waals surface area (Å²) >= 11 is 0. The molecule has 15 heavy (non-hydrogen) atoms. The Hall–Kier alpha value is -1.68. The van der Waals surface area contributed by atoms with Gasteiger partial charge in [0, 0.05) is 5.56 Å². The van der Waals surface area contributed by atoms with Crippen LogP contribution in [0.25, 0.3) is 11.3 Å². The zero-order valence-corrected chi connectivity index (χ0v) is 8.37. The number of aromatic amines is 1. The molecule has 0 unspecified atom stereocenters. The van der Waals surface area contributed by atoms with Crippen LogP contribution in [0, 0.1) is 5.82 Å². The van der Waals surface area contributed by atoms with Gasteiger partial charge in [0.1, 0.15) is 11.6 Å². The predicted molar refractivity (Wildman–Crippen MR) is 56.6 cm³/mol. The normalized spacial score (nSPS) is 12.7. The van der Waals surface area contributed by atoms with E-state index in [1.165, 1.54) is 6.07 Å². The molecule has 3 nitrogen and oxygen atoms in total. The van der Waals surface area contributed by atoms with E-state index in [4.69, 9.17) is 5.73 Å². The van der Waals surface area contributed by atoms with Crippen LogP contribution < -0.4 is 5.73 Å². The number of hydrogen-bond donors (Lipinski definition) is 2. The van der Waals surface area contributed by atoms with Gasteiger partial charge in [0.15, 0.2) is 0 Å². The van der Waals surface area contributed by atoms with Crippen LogP contribution in [0.3, 0.4) is 0 Å². The first-order valence-electron chi connectivity index (χ1n) is 4.74. The Bertz CT molecular complexity index is 462. The van der Waals surface area contributed by atoms with Crippen molar-refractivity contribution in [2.75, 3.05) is 0 Å². The van der Waals surface area contributed by atoms with Crippen molar-refractivity contribution in [3.05, 3.63) is 42.1 Å². The highest BCUT2D eigenvalue weighted by Crippen LogP contribution is 2.21. The largest absolute Gasteiger partial charge is 0.341 e. The zero-order chi connectivity index (χ0) is 10.8. The molecule has 1 aromatic heterocycles. The molecule has 0 bridgehead atoms. The number of benzene rings is 1. The fraction of sp³-hybridized carbons (Fsp3) is 0.182. The fourth-order valence-corrected chi connectivity index (χ4v) is 1.38. The molecule has 0 aliphatic carbocycles. The molecule has 0 aliphatic heterocycles. The molecule has 78 valence electrons. The topological polar surface area (TPSA) is 54.7 Å². The minimum absolute atomic E-state index is 0.175. The fourth-order valence-electron chi connectivity index (χ4n) is 1.38. The second-order valence-corrected chi connectivity index (χ2v) is 3.45. The van der Waals surface area contributed by atoms with Crippen LogP contribution in [-0.2, 0) is 0 Å². The average Bonchev–Trinajstić information content (AvgIpc) is 2.67. The monoisotopic (exact) mass is 205 g/mol. The molecule has 0 amide bonds. The molecular weight excluding hydrogens is 193 g/mol. The molecule has 4 heteroatoms. The summed E-state index contributed by atoms with van der Waals surface area (Å²) in [5.74, 6) is 0.394. The number of aromatic nitrogens is 2. The molecule has 3 N–H and O–H groups in total. The van der Waals surface area contributed by atoms with Crippen LogP contribution in [-0.4, -0.2) is 9.97 Å². The lowest BCUT2D eigenvalue weighted by Gasteiger charge is -2.00. The Morgan fingerprint density at radius 3 is 2.73 bits per heavy atom. The van der Waals surface area contributed by atoms with E-state index in [0.717, 1.165) is 0 Å². The molecule has 1 atom stereocenters. The molecule has 0 spiro atoms. The smallest absolute Gasteiger partial charge is 0.132 e. The molecular formula is C11H12FN3. The lowest BCUT2D eigenvalue weighted by Crippen LogP contribution is -2.06. The number of imidazole rings is 1. The summed E-state index contributed by atoms with van der Waals surface area (Å²) < 4.78 is 13.4. The van der Waals surface area contributed by atoms with E-state index in [0.29, 0.717) is 17.1 Å². The minimum atomic E-state index is -0.266. The number of nitrogens with zero attached hydrogens (tertiary/aromatic N) is 1. The number of halogens is 1. The highest BCUT2D eigenvalue weighted by molar-refractivity contribution is 5.59. The number of nitrogens with two attached hydrogens (primary N) is 1. The first-order chi connectivity index (χ1) is 7.18. The standard InChI is InChI=1S/C11H12FN3/c1-7(13)11-14-6-10(15-11)8-4-2-3-5-9(8)12/h2-7H,13H2,1H3,(H,14,15)/t7-/m0/s1. The van der Waals surface area contributed by atoms with Crippen LogP contribution in [0.5, 0.6) is 0 Å². The summed E-state index contributed by atoms with van der Waals surface area (Å²) in [5, 5.41) is 0. The molecule has 1 aromatic carbocycles. The second kappa shape index (κ2) is 3.82. The van der Waals surface area contributed by atoms with Gasteiger partial charge < -0.3 is 10.7 Å². The van der Waals surface area contributed by atoms with E-state index in [-0.39, 0.29) is 11.9 Å². The van der Waals surface area contributed by atoms with Crippen molar-refractivity contribution in [1.29, 1.82) is 0 Å². The number of H-pyrrole nitrogens is 1. The van der Waals surface area contributed by atoms with Crippen molar-refractivity contribution in [1.82, 2.24) is 9.97 Å². The van der Waals surface area contributed by atoms with Crippen molar-refractivity contribution in [3.63, 3.8) is 0 Å². The number of rotatable bonds is 2. The van der Waals surface area contributed by atoms with Crippen LogP contribution in [0.15, 0.2) is 30.5 Å². The Morgan fingerprint density at radius 1 is 1.40 bits per heavy atom. The van der Waals surface area contributed by atoms with Crippen molar-refractivity contribution in [2.24, 2.45) is 5.73 Å². The van der Waals surface area contributed by atoms with Gasteiger partial charge in [-0.15, -0.1) is 0 Å². The molecule has 2 rings (SSSR count). The van der Waals surface area contributed by atoms with Crippen LogP contribution in [0.1, 0.15) is 18.8 Å². The Balaban J connectivity index is 2.42. The van der Waals surface area contributed by atoms with Crippen LogP contribution in [0.4, 0.5) is 4.39 Å². The van der Waals surface area contributed by atoms with Gasteiger partial charge in [0.2, 0.25) is 0 Å². The molecule has 0 radical (unpaired) electrons. The lowest BCUT2D eigenvalue weighted by molar-refractivity contribution is 0.630. The van der Waals surface area contributed by atoms with E-state index >= 15 is 0 Å². The maximum absolute atomic E-state index is 13.4. The average molecular weight is 205 g/mol. The Morgan fingerprint density at radius 2 is 2.13 bits per heavy atom. The first kappa shape index (κ1) is 9.86. The summed E-state index contributed by atoms with van der Waals surface area (Å²) in [4.78, 5) is 7.08. The zero-order valence-electron chi connectivity index (χ0n) is 8.37. The van der Waals surface area contributed by atoms with Gasteiger partial charge in [-0.25, -0.2) is 9.37 Å². The van der Waals surface area contributed by atoms with Crippen LogP contribution >= 0.6 is 0 Å². The number of hydrogen-bond acceptors (Lipinski definition) is 2. The first-order valence-corrected chi connectivity index (χ1v) is 4.74. The van der Waals surface area contributed by atoms with E-state index in [1.54, 1.807) is 24.4 Å². The van der Waals surface area contributed by atoms with E-state index in [2.05, 4.69) is 9.97 Å². The quantitative estimate of drug-likeness (QED) is 0.789. The van der Waals surface area contributed by atoms with E-state index in [1.807, 2.05) is 6.92 Å². The minimum Gasteiger partial charge on any atom is -0.341 e. The SMILES string of the molecule is C[C@H](N)c1ncc(-c2ccccc2F)[nH]1. The van der Waals surface area contributed by atoms with Crippen molar-refractivity contribution >= 4 is 0 Å². The molecule has 0 saturated carbocycles. The summed E-state index contributed by atoms with van der Waals surface area (Å²) in [7, 11) is 0. The van der Waals surface area contributed by atoms with Gasteiger partial charge in [-0.2, -0.15) is 0 Å². The highest BCUT2D eigenvalue weighted by Gasteiger charge is 2.09. The molecule has 1 heterocycles. The van der Waals surface area contributed by atoms with Crippen molar-refractivity contribution < 1.29 is 4.39 Å². The number of nitrogens with one attached hydrogen (secondary N) is 1. The molecule has 0 fully saturated rings. The summed E-state index contributed by atoms with van der Waals surface area (Å²) in [6, 6.07) is 6.38. The summed E-state index contributed by atoms with van der Waals surface area (Å²) in [6.45, 7) is 1.82. The van der Waals surface area contributed by atoms with Gasteiger partial charge in [-0.05, 0) is 19.1 Å². The molecule has 2 aromatic rings. The Labute approximate surface area is 87.2 Å². The van der Waals surface area contributed by atoms with Gasteiger partial charge in [0.25, 0.3) is 0 Å². The van der Waals surface area contributed by atoms with E-state index in [9.17, 15) is 4.39 Å². The maximum Gasteiger partial charge on any atom is 0.132 e. The summed E-state index contributed by atoms with van der Waals surface area (Å²) in [6.07, 6.45) is 1.59. The molecule has 0 aliphatic rings. The van der Waals surface area contributed by atoms with Crippen molar-refractivity contribution in [3.8, 4) is 11.3 Å². The lowest BCUT2D eigenvalue weighted by atomic mass is 10.1. The van der Waals surface area contributed by atoms with Gasteiger partial charge >= 0.3 is 0 Å². The maximum atomic E-state index is 13.4. The second-order valence-electron chi connectivity index (χ2n) is 3.45. The van der Waals surface area contributed by atoms with Gasteiger partial charge in [-0.3, -0.25) is 0 Å². The Kier molecular flexibility index (Phi) is 2.51. The van der Waals surface area contributed by atoms with Gasteiger partial charge in [-0.1, -0.05) is 12.1 Å². The predicted octanol–water partition coefficient (Wildman–Crippen LogP) is 2.24. The third-order valence-corrected chi connectivity index (χ3v) is 2.19. The third kappa shape index (κ3) is 1.89. The van der Waals surface area contributed by atoms with Gasteiger partial charge in [0.05, 0.1) is 17.9 Å². The molecule has 0 saturated heterocycles. The highest BCUT2D eigenvalue weighted by atomic mass is 19.1.